The molecule has 3 heteroatoms. The van der Waals surface area contributed by atoms with Gasteiger partial charge in [-0.25, -0.2) is 0 Å². The fourth-order valence-corrected chi connectivity index (χ4v) is 2.56. The van der Waals surface area contributed by atoms with E-state index in [1.54, 1.807) is 6.21 Å². The fraction of sp³-hybridized carbons (Fsp3) is 0.333. The summed E-state index contributed by atoms with van der Waals surface area (Å²) < 4.78 is 0. The molecule has 1 unspecified atom stereocenters. The lowest BCUT2D eigenvalue weighted by atomic mass is 10.1. The molecule has 0 saturated heterocycles. The second-order valence-electron chi connectivity index (χ2n) is 5.29. The van der Waals surface area contributed by atoms with Crippen LogP contribution in [0.3, 0.4) is 0 Å². The average Bonchev–Trinajstić information content (AvgIpc) is 2.68. The van der Waals surface area contributed by atoms with Crippen molar-refractivity contribution in [1.29, 1.82) is 0 Å². The summed E-state index contributed by atoms with van der Waals surface area (Å²) in [6.45, 7) is 6.08. The van der Waals surface area contributed by atoms with Crippen LogP contribution >= 0.6 is 11.8 Å². The first-order valence-electron chi connectivity index (χ1n) is 6.00. The molecule has 0 saturated carbocycles. The van der Waals surface area contributed by atoms with Gasteiger partial charge in [-0.05, 0) is 26.3 Å². The quantitative estimate of drug-likeness (QED) is 0.756. The van der Waals surface area contributed by atoms with Crippen molar-refractivity contribution < 1.29 is 4.79 Å². The van der Waals surface area contributed by atoms with Crippen LogP contribution in [0.5, 0.6) is 0 Å². The summed E-state index contributed by atoms with van der Waals surface area (Å²) in [5, 5.41) is 0.154. The van der Waals surface area contributed by atoms with Crippen LogP contribution in [-0.4, -0.2) is 16.9 Å². The standard InChI is InChI=1S/C15H17NOS/c1-15(2,3)16-10-12-9-13(18-14(12)17)11-7-5-4-6-8-11/h4-10,12H,1-3H3. The highest BCUT2D eigenvalue weighted by Gasteiger charge is 2.25. The van der Waals surface area contributed by atoms with E-state index in [9.17, 15) is 4.79 Å². The van der Waals surface area contributed by atoms with Crippen molar-refractivity contribution in [2.24, 2.45) is 10.9 Å². The molecule has 0 aromatic heterocycles. The summed E-state index contributed by atoms with van der Waals surface area (Å²) >= 11 is 1.31. The summed E-state index contributed by atoms with van der Waals surface area (Å²) in [6, 6.07) is 9.99. The molecule has 1 heterocycles. The molecular formula is C15H17NOS. The lowest BCUT2D eigenvalue weighted by molar-refractivity contribution is -0.111. The van der Waals surface area contributed by atoms with Gasteiger partial charge in [-0.15, -0.1) is 0 Å². The predicted octanol–water partition coefficient (Wildman–Crippen LogP) is 3.79. The summed E-state index contributed by atoms with van der Waals surface area (Å²) in [6.07, 6.45) is 3.77. The van der Waals surface area contributed by atoms with Gasteiger partial charge in [0.2, 0.25) is 5.12 Å². The number of hydrogen-bond donors (Lipinski definition) is 0. The highest BCUT2D eigenvalue weighted by molar-refractivity contribution is 8.22. The van der Waals surface area contributed by atoms with E-state index in [0.29, 0.717) is 0 Å². The van der Waals surface area contributed by atoms with Crippen molar-refractivity contribution >= 4 is 28.0 Å². The molecular weight excluding hydrogens is 242 g/mol. The second kappa shape index (κ2) is 5.11. The number of rotatable bonds is 2. The molecule has 0 radical (unpaired) electrons. The van der Waals surface area contributed by atoms with Crippen LogP contribution in [0.15, 0.2) is 41.4 Å². The second-order valence-corrected chi connectivity index (χ2v) is 6.34. The minimum absolute atomic E-state index is 0.131. The lowest BCUT2D eigenvalue weighted by Gasteiger charge is -2.11. The van der Waals surface area contributed by atoms with Gasteiger partial charge in [-0.1, -0.05) is 48.2 Å². The third kappa shape index (κ3) is 3.33. The minimum atomic E-state index is -0.190. The van der Waals surface area contributed by atoms with E-state index in [0.717, 1.165) is 10.5 Å². The van der Waals surface area contributed by atoms with Gasteiger partial charge in [0.25, 0.3) is 0 Å². The summed E-state index contributed by atoms with van der Waals surface area (Å²) in [4.78, 5) is 17.3. The lowest BCUT2D eigenvalue weighted by Crippen LogP contribution is -2.13. The Kier molecular flexibility index (Phi) is 3.71. The van der Waals surface area contributed by atoms with Gasteiger partial charge in [-0.2, -0.15) is 0 Å². The Balaban J connectivity index is 2.18. The van der Waals surface area contributed by atoms with Crippen LogP contribution in [0.2, 0.25) is 0 Å². The van der Waals surface area contributed by atoms with E-state index < -0.39 is 0 Å². The van der Waals surface area contributed by atoms with Gasteiger partial charge in [0.15, 0.2) is 0 Å². The number of allylic oxidation sites excluding steroid dienone is 1. The Morgan fingerprint density at radius 3 is 2.50 bits per heavy atom. The van der Waals surface area contributed by atoms with Gasteiger partial charge in [0, 0.05) is 11.1 Å². The molecule has 1 aliphatic heterocycles. The molecule has 0 amide bonds. The molecule has 2 nitrogen and oxygen atoms in total. The monoisotopic (exact) mass is 259 g/mol. The number of nitrogens with zero attached hydrogens (tertiary/aromatic N) is 1. The molecule has 0 bridgehead atoms. The summed E-state index contributed by atoms with van der Waals surface area (Å²) in [5.74, 6) is -0.190. The maximum absolute atomic E-state index is 11.9. The molecule has 1 atom stereocenters. The Morgan fingerprint density at radius 1 is 1.22 bits per heavy atom. The normalized spacial score (nSPS) is 20.5. The molecule has 1 aromatic rings. The minimum Gasteiger partial charge on any atom is -0.291 e. The SMILES string of the molecule is CC(C)(C)N=CC1C=C(c2ccccc2)SC1=O. The zero-order chi connectivity index (χ0) is 13.2. The smallest absolute Gasteiger partial charge is 0.205 e. The first-order chi connectivity index (χ1) is 8.46. The fourth-order valence-electron chi connectivity index (χ4n) is 1.61. The van der Waals surface area contributed by atoms with E-state index in [-0.39, 0.29) is 16.6 Å². The van der Waals surface area contributed by atoms with E-state index in [2.05, 4.69) is 4.99 Å². The van der Waals surface area contributed by atoms with Crippen LogP contribution in [0.4, 0.5) is 0 Å². The Morgan fingerprint density at radius 2 is 1.89 bits per heavy atom. The molecule has 18 heavy (non-hydrogen) atoms. The summed E-state index contributed by atoms with van der Waals surface area (Å²) in [5.41, 5.74) is 0.969. The van der Waals surface area contributed by atoms with Crippen LogP contribution < -0.4 is 0 Å². The molecule has 2 rings (SSSR count). The van der Waals surface area contributed by atoms with Crippen molar-refractivity contribution in [3.63, 3.8) is 0 Å². The first-order valence-corrected chi connectivity index (χ1v) is 6.82. The van der Waals surface area contributed by atoms with Crippen molar-refractivity contribution in [2.75, 3.05) is 0 Å². The van der Waals surface area contributed by atoms with E-state index in [4.69, 9.17) is 0 Å². The highest BCUT2D eigenvalue weighted by Crippen LogP contribution is 2.37. The number of carbonyl (C=O) groups excluding carboxylic acids is 1. The van der Waals surface area contributed by atoms with Gasteiger partial charge < -0.3 is 0 Å². The van der Waals surface area contributed by atoms with Crippen LogP contribution in [0, 0.1) is 5.92 Å². The van der Waals surface area contributed by atoms with Crippen molar-refractivity contribution in [1.82, 2.24) is 0 Å². The van der Waals surface area contributed by atoms with Crippen molar-refractivity contribution in [3.05, 3.63) is 42.0 Å². The third-order valence-electron chi connectivity index (χ3n) is 2.49. The van der Waals surface area contributed by atoms with Gasteiger partial charge in [0.05, 0.1) is 11.5 Å². The molecule has 0 fully saturated rings. The number of thioether (sulfide) groups is 1. The molecule has 0 aliphatic carbocycles. The molecule has 1 aromatic carbocycles. The maximum Gasteiger partial charge on any atom is 0.205 e. The topological polar surface area (TPSA) is 29.4 Å². The molecule has 1 aliphatic rings. The number of carbonyl (C=O) groups is 1. The van der Waals surface area contributed by atoms with E-state index >= 15 is 0 Å². The Hall–Kier alpha value is -1.35. The Labute approximate surface area is 112 Å². The van der Waals surface area contributed by atoms with E-state index in [1.807, 2.05) is 57.2 Å². The molecule has 0 N–H and O–H groups in total. The zero-order valence-electron chi connectivity index (χ0n) is 10.9. The molecule has 0 spiro atoms. The largest absolute Gasteiger partial charge is 0.291 e. The highest BCUT2D eigenvalue weighted by atomic mass is 32.2. The first kappa shape index (κ1) is 13.1. The number of hydrogen-bond acceptors (Lipinski definition) is 3. The van der Waals surface area contributed by atoms with Crippen molar-refractivity contribution in [2.45, 2.75) is 26.3 Å². The van der Waals surface area contributed by atoms with Gasteiger partial charge in [0.1, 0.15) is 0 Å². The predicted molar refractivity (Wildman–Crippen MR) is 78.8 cm³/mol. The van der Waals surface area contributed by atoms with Gasteiger partial charge >= 0.3 is 0 Å². The van der Waals surface area contributed by atoms with Crippen LogP contribution in [0.25, 0.3) is 4.91 Å². The average molecular weight is 259 g/mol. The van der Waals surface area contributed by atoms with Crippen LogP contribution in [-0.2, 0) is 4.79 Å². The van der Waals surface area contributed by atoms with Gasteiger partial charge in [-0.3, -0.25) is 9.79 Å². The number of aliphatic imine (C=N–C) groups is 1. The van der Waals surface area contributed by atoms with Crippen LogP contribution in [0.1, 0.15) is 26.3 Å². The summed E-state index contributed by atoms with van der Waals surface area (Å²) in [7, 11) is 0. The third-order valence-corrected chi connectivity index (χ3v) is 3.56. The van der Waals surface area contributed by atoms with Crippen molar-refractivity contribution in [3.8, 4) is 0 Å². The Bertz CT molecular complexity index is 497. The number of benzene rings is 1. The van der Waals surface area contributed by atoms with E-state index in [1.165, 1.54) is 11.8 Å². The zero-order valence-corrected chi connectivity index (χ0v) is 11.7. The maximum atomic E-state index is 11.9. The molecule has 94 valence electrons.